The van der Waals surface area contributed by atoms with Crippen molar-refractivity contribution in [1.82, 2.24) is 4.98 Å². The number of hydrogen-bond acceptors (Lipinski definition) is 4. The molecule has 3 rings (SSSR count). The molecule has 0 aliphatic carbocycles. The van der Waals surface area contributed by atoms with Gasteiger partial charge in [-0.15, -0.1) is 0 Å². The van der Waals surface area contributed by atoms with Gasteiger partial charge in [-0.2, -0.15) is 13.2 Å². The second-order valence-electron chi connectivity index (χ2n) is 6.08. The summed E-state index contributed by atoms with van der Waals surface area (Å²) >= 11 is 5.63. The number of amides is 1. The summed E-state index contributed by atoms with van der Waals surface area (Å²) in [5, 5.41) is 2.20. The number of carbonyl (C=O) groups excluding carboxylic acids is 1. The Bertz CT molecular complexity index is 1000. The number of nitrogens with one attached hydrogen (secondary N) is 1. The number of ether oxygens (including phenoxy) is 1. The number of alkyl halides is 3. The van der Waals surface area contributed by atoms with Crippen LogP contribution in [0.5, 0.6) is 5.75 Å². The van der Waals surface area contributed by atoms with Crippen molar-refractivity contribution in [1.29, 1.82) is 0 Å². The third-order valence-electron chi connectivity index (χ3n) is 4.06. The van der Waals surface area contributed by atoms with Crippen LogP contribution in [0.15, 0.2) is 53.1 Å². The molecule has 0 fully saturated rings. The molecular formula is C20H16ClF3N2O3. The van der Waals surface area contributed by atoms with Gasteiger partial charge in [0.1, 0.15) is 5.75 Å². The third kappa shape index (κ3) is 5.29. The molecule has 5 nitrogen and oxygen atoms in total. The number of rotatable bonds is 6. The standard InChI is InChI=1S/C20H16ClF3N2O3/c1-28-14-5-2-12(3-6-14)17-11-25-19(29-17)9-8-18(27)26-16-7-4-13(21)10-15(16)20(22,23)24/h2-7,10-11H,8-9H2,1H3,(H,26,27). The molecule has 1 heterocycles. The Kier molecular flexibility index (Phi) is 6.12. The van der Waals surface area contributed by atoms with Gasteiger partial charge in [-0.05, 0) is 42.5 Å². The van der Waals surface area contributed by atoms with E-state index in [2.05, 4.69) is 10.3 Å². The number of methoxy groups -OCH3 is 1. The molecule has 3 aromatic rings. The van der Waals surface area contributed by atoms with Crippen LogP contribution in [0.1, 0.15) is 17.9 Å². The van der Waals surface area contributed by atoms with Gasteiger partial charge in [-0.25, -0.2) is 4.98 Å². The van der Waals surface area contributed by atoms with Crippen molar-refractivity contribution >= 4 is 23.2 Å². The molecule has 9 heteroatoms. The van der Waals surface area contributed by atoms with E-state index >= 15 is 0 Å². The maximum Gasteiger partial charge on any atom is 0.418 e. The Morgan fingerprint density at radius 2 is 1.93 bits per heavy atom. The van der Waals surface area contributed by atoms with Crippen molar-refractivity contribution in [2.24, 2.45) is 0 Å². The molecule has 0 aliphatic heterocycles. The number of anilines is 1. The highest BCUT2D eigenvalue weighted by Gasteiger charge is 2.34. The van der Waals surface area contributed by atoms with Gasteiger partial charge in [0.05, 0.1) is 24.6 Å². The van der Waals surface area contributed by atoms with Crippen LogP contribution in [-0.2, 0) is 17.4 Å². The van der Waals surface area contributed by atoms with Crippen LogP contribution in [0.2, 0.25) is 5.02 Å². The highest BCUT2D eigenvalue weighted by Crippen LogP contribution is 2.36. The molecule has 0 saturated heterocycles. The molecule has 0 radical (unpaired) electrons. The second-order valence-corrected chi connectivity index (χ2v) is 6.52. The van der Waals surface area contributed by atoms with Gasteiger partial charge in [0.25, 0.3) is 0 Å². The highest BCUT2D eigenvalue weighted by atomic mass is 35.5. The minimum absolute atomic E-state index is 0.0684. The molecule has 29 heavy (non-hydrogen) atoms. The minimum Gasteiger partial charge on any atom is -0.497 e. The third-order valence-corrected chi connectivity index (χ3v) is 4.29. The van der Waals surface area contributed by atoms with Gasteiger partial charge in [-0.3, -0.25) is 4.79 Å². The number of hydrogen-bond donors (Lipinski definition) is 1. The summed E-state index contributed by atoms with van der Waals surface area (Å²) in [7, 11) is 1.56. The van der Waals surface area contributed by atoms with E-state index in [-0.39, 0.29) is 23.6 Å². The van der Waals surface area contributed by atoms with Crippen LogP contribution >= 0.6 is 11.6 Å². The lowest BCUT2D eigenvalue weighted by atomic mass is 10.1. The quantitative estimate of drug-likeness (QED) is 0.560. The molecule has 1 aromatic heterocycles. The molecule has 0 spiro atoms. The van der Waals surface area contributed by atoms with Crippen molar-refractivity contribution in [3.8, 4) is 17.1 Å². The van der Waals surface area contributed by atoms with E-state index in [4.69, 9.17) is 20.8 Å². The summed E-state index contributed by atoms with van der Waals surface area (Å²) < 4.78 is 50.0. The maximum absolute atomic E-state index is 13.1. The second kappa shape index (κ2) is 8.57. The van der Waals surface area contributed by atoms with E-state index < -0.39 is 17.6 Å². The van der Waals surface area contributed by atoms with Gasteiger partial charge >= 0.3 is 6.18 Å². The van der Waals surface area contributed by atoms with E-state index in [1.54, 1.807) is 31.4 Å². The number of aromatic nitrogens is 1. The summed E-state index contributed by atoms with van der Waals surface area (Å²) in [6.45, 7) is 0. The Labute approximate surface area is 169 Å². The van der Waals surface area contributed by atoms with Crippen LogP contribution in [0, 0.1) is 0 Å². The first-order chi connectivity index (χ1) is 13.8. The largest absolute Gasteiger partial charge is 0.497 e. The molecule has 0 atom stereocenters. The fourth-order valence-electron chi connectivity index (χ4n) is 2.61. The smallest absolute Gasteiger partial charge is 0.418 e. The van der Waals surface area contributed by atoms with Crippen LogP contribution in [0.4, 0.5) is 18.9 Å². The molecule has 0 aliphatic rings. The topological polar surface area (TPSA) is 64.4 Å². The molecule has 152 valence electrons. The van der Waals surface area contributed by atoms with Crippen LogP contribution in [-0.4, -0.2) is 18.0 Å². The lowest BCUT2D eigenvalue weighted by Gasteiger charge is -2.14. The zero-order valence-corrected chi connectivity index (χ0v) is 16.0. The first-order valence-electron chi connectivity index (χ1n) is 8.52. The van der Waals surface area contributed by atoms with E-state index in [0.29, 0.717) is 17.4 Å². The molecule has 1 amide bonds. The van der Waals surface area contributed by atoms with E-state index in [1.165, 1.54) is 12.3 Å². The number of benzene rings is 2. The van der Waals surface area contributed by atoms with Gasteiger partial charge in [0.2, 0.25) is 5.91 Å². The number of halogens is 4. The zero-order valence-electron chi connectivity index (χ0n) is 15.2. The van der Waals surface area contributed by atoms with Crippen molar-refractivity contribution in [2.45, 2.75) is 19.0 Å². The predicted molar refractivity (Wildman–Crippen MR) is 102 cm³/mol. The molecule has 1 N–H and O–H groups in total. The lowest BCUT2D eigenvalue weighted by molar-refractivity contribution is -0.137. The first kappa shape index (κ1) is 20.7. The van der Waals surface area contributed by atoms with Crippen molar-refractivity contribution in [2.75, 3.05) is 12.4 Å². The normalized spacial score (nSPS) is 11.3. The molecule has 0 unspecified atom stereocenters. The Balaban J connectivity index is 1.63. The minimum atomic E-state index is -4.64. The van der Waals surface area contributed by atoms with E-state index in [1.807, 2.05) is 0 Å². The highest BCUT2D eigenvalue weighted by molar-refractivity contribution is 6.30. The van der Waals surface area contributed by atoms with E-state index in [9.17, 15) is 18.0 Å². The molecule has 0 bridgehead atoms. The van der Waals surface area contributed by atoms with Gasteiger partial charge in [0, 0.05) is 23.4 Å². The van der Waals surface area contributed by atoms with Gasteiger partial charge < -0.3 is 14.5 Å². The summed E-state index contributed by atoms with van der Waals surface area (Å²) in [6.07, 6.45) is -3.07. The van der Waals surface area contributed by atoms with Gasteiger partial charge in [0.15, 0.2) is 11.7 Å². The average Bonchev–Trinajstić information content (AvgIpc) is 3.16. The van der Waals surface area contributed by atoms with Crippen LogP contribution in [0.25, 0.3) is 11.3 Å². The van der Waals surface area contributed by atoms with Crippen molar-refractivity contribution in [3.05, 3.63) is 65.1 Å². The number of aryl methyl sites for hydroxylation is 1. The number of oxazole rings is 1. The predicted octanol–water partition coefficient (Wildman–Crippen LogP) is 5.59. The van der Waals surface area contributed by atoms with Crippen molar-refractivity contribution < 1.29 is 27.1 Å². The van der Waals surface area contributed by atoms with Crippen LogP contribution < -0.4 is 10.1 Å². The maximum atomic E-state index is 13.1. The Morgan fingerprint density at radius 3 is 2.59 bits per heavy atom. The molecular weight excluding hydrogens is 409 g/mol. The lowest BCUT2D eigenvalue weighted by Crippen LogP contribution is -2.17. The SMILES string of the molecule is COc1ccc(-c2cnc(CCC(=O)Nc3ccc(Cl)cc3C(F)(F)F)o2)cc1. The number of nitrogens with zero attached hydrogens (tertiary/aromatic N) is 1. The first-order valence-corrected chi connectivity index (χ1v) is 8.90. The molecule has 2 aromatic carbocycles. The Morgan fingerprint density at radius 1 is 1.21 bits per heavy atom. The van der Waals surface area contributed by atoms with Crippen molar-refractivity contribution in [3.63, 3.8) is 0 Å². The average molecular weight is 425 g/mol. The summed E-state index contributed by atoms with van der Waals surface area (Å²) in [4.78, 5) is 16.2. The van der Waals surface area contributed by atoms with Gasteiger partial charge in [-0.1, -0.05) is 11.6 Å². The summed E-state index contributed by atoms with van der Waals surface area (Å²) in [5.74, 6) is 0.922. The summed E-state index contributed by atoms with van der Waals surface area (Å²) in [5.41, 5.74) is -0.570. The van der Waals surface area contributed by atoms with E-state index in [0.717, 1.165) is 17.7 Å². The number of carbonyl (C=O) groups is 1. The fraction of sp³-hybridized carbons (Fsp3) is 0.200. The zero-order chi connectivity index (χ0) is 21.0. The Hall–Kier alpha value is -3.00. The molecule has 0 saturated carbocycles. The monoisotopic (exact) mass is 424 g/mol. The van der Waals surface area contributed by atoms with Crippen LogP contribution in [0.3, 0.4) is 0 Å². The summed E-state index contributed by atoms with van der Waals surface area (Å²) in [6, 6.07) is 10.3. The fourth-order valence-corrected chi connectivity index (χ4v) is 2.78.